The molecule has 0 amide bonds. The molecule has 26 heavy (non-hydrogen) atoms. The van der Waals surface area contributed by atoms with Crippen LogP contribution in [0.1, 0.15) is 12.5 Å². The molecule has 3 rings (SSSR count). The molecule has 0 unspecified atom stereocenters. The molecule has 8 heteroatoms. The third-order valence-corrected chi connectivity index (χ3v) is 4.14. The molecule has 4 nitrogen and oxygen atoms in total. The van der Waals surface area contributed by atoms with Crippen molar-refractivity contribution < 1.29 is 17.9 Å². The molecule has 134 valence electrons. The third kappa shape index (κ3) is 3.85. The van der Waals surface area contributed by atoms with Gasteiger partial charge in [0.05, 0.1) is 24.1 Å². The number of nitrogens with zero attached hydrogens (tertiary/aromatic N) is 2. The van der Waals surface area contributed by atoms with Crippen LogP contribution in [-0.4, -0.2) is 17.8 Å². The standard InChI is InChI=1S/C18H14F3N3OS/c1-2-25-15-8-13(19)17(21)16(20)12(15)9-22-24-18-23-14(10-26-18)11-6-4-3-5-7-11/h3-10H,2H2,1H3,(H,23,24). The first kappa shape index (κ1) is 17.9. The van der Waals surface area contributed by atoms with Crippen molar-refractivity contribution in [1.29, 1.82) is 0 Å². The minimum absolute atomic E-state index is 0.126. The molecule has 3 aromatic rings. The van der Waals surface area contributed by atoms with Crippen molar-refractivity contribution in [3.8, 4) is 17.0 Å². The number of benzene rings is 2. The smallest absolute Gasteiger partial charge is 0.203 e. The monoisotopic (exact) mass is 377 g/mol. The molecule has 1 N–H and O–H groups in total. The second-order valence-corrected chi connectivity index (χ2v) is 5.96. The van der Waals surface area contributed by atoms with E-state index in [4.69, 9.17) is 4.74 Å². The van der Waals surface area contributed by atoms with Gasteiger partial charge in [-0.2, -0.15) is 5.10 Å². The van der Waals surface area contributed by atoms with Gasteiger partial charge < -0.3 is 4.74 Å². The topological polar surface area (TPSA) is 46.5 Å². The van der Waals surface area contributed by atoms with Gasteiger partial charge in [-0.25, -0.2) is 18.2 Å². The fourth-order valence-electron chi connectivity index (χ4n) is 2.20. The Morgan fingerprint density at radius 3 is 2.69 bits per heavy atom. The van der Waals surface area contributed by atoms with Gasteiger partial charge in [0.2, 0.25) is 5.13 Å². The Morgan fingerprint density at radius 2 is 1.96 bits per heavy atom. The highest BCUT2D eigenvalue weighted by molar-refractivity contribution is 7.14. The zero-order chi connectivity index (χ0) is 18.5. The van der Waals surface area contributed by atoms with E-state index in [1.807, 2.05) is 35.7 Å². The first-order valence-electron chi connectivity index (χ1n) is 7.70. The molecule has 0 spiro atoms. The van der Waals surface area contributed by atoms with E-state index >= 15 is 0 Å². The number of thiazole rings is 1. The lowest BCUT2D eigenvalue weighted by Crippen LogP contribution is -2.04. The number of ether oxygens (including phenoxy) is 1. The van der Waals surface area contributed by atoms with Crippen LogP contribution in [-0.2, 0) is 0 Å². The normalized spacial score (nSPS) is 11.1. The first-order valence-corrected chi connectivity index (χ1v) is 8.58. The number of nitrogens with one attached hydrogen (secondary N) is 1. The second-order valence-electron chi connectivity index (χ2n) is 5.11. The molecular formula is C18H14F3N3OS. The zero-order valence-electron chi connectivity index (χ0n) is 13.7. The van der Waals surface area contributed by atoms with Gasteiger partial charge in [-0.15, -0.1) is 11.3 Å². The predicted octanol–water partition coefficient (Wildman–Crippen LogP) is 5.07. The maximum Gasteiger partial charge on any atom is 0.203 e. The summed E-state index contributed by atoms with van der Waals surface area (Å²) < 4.78 is 45.9. The summed E-state index contributed by atoms with van der Waals surface area (Å²) in [6, 6.07) is 10.4. The van der Waals surface area contributed by atoms with Crippen LogP contribution in [0.2, 0.25) is 0 Å². The highest BCUT2D eigenvalue weighted by Crippen LogP contribution is 2.26. The van der Waals surface area contributed by atoms with Crippen LogP contribution in [0.25, 0.3) is 11.3 Å². The summed E-state index contributed by atoms with van der Waals surface area (Å²) in [6.45, 7) is 1.82. The first-order chi connectivity index (χ1) is 12.6. The van der Waals surface area contributed by atoms with Gasteiger partial charge in [-0.3, -0.25) is 5.43 Å². The zero-order valence-corrected chi connectivity index (χ0v) is 14.5. The summed E-state index contributed by atoms with van der Waals surface area (Å²) >= 11 is 1.31. The number of hydrazone groups is 1. The van der Waals surface area contributed by atoms with Crippen molar-refractivity contribution in [3.05, 3.63) is 64.8 Å². The Labute approximate surface area is 152 Å². The number of rotatable bonds is 6. The van der Waals surface area contributed by atoms with Crippen LogP contribution < -0.4 is 10.2 Å². The van der Waals surface area contributed by atoms with E-state index in [1.165, 1.54) is 11.3 Å². The fourth-order valence-corrected chi connectivity index (χ4v) is 2.87. The van der Waals surface area contributed by atoms with Gasteiger partial charge in [-0.05, 0) is 6.92 Å². The lowest BCUT2D eigenvalue weighted by atomic mass is 10.2. The molecule has 0 aliphatic carbocycles. The highest BCUT2D eigenvalue weighted by Gasteiger charge is 2.18. The summed E-state index contributed by atoms with van der Waals surface area (Å²) in [7, 11) is 0. The number of halogens is 3. The summed E-state index contributed by atoms with van der Waals surface area (Å²) in [5, 5.41) is 6.17. The van der Waals surface area contributed by atoms with Gasteiger partial charge >= 0.3 is 0 Å². The summed E-state index contributed by atoms with van der Waals surface area (Å²) in [6.07, 6.45) is 1.03. The molecular weight excluding hydrogens is 363 g/mol. The molecule has 0 radical (unpaired) electrons. The Balaban J connectivity index is 1.79. The quantitative estimate of drug-likeness (QED) is 0.371. The van der Waals surface area contributed by atoms with Crippen LogP contribution in [0.4, 0.5) is 18.3 Å². The Kier molecular flexibility index (Phi) is 5.52. The Morgan fingerprint density at radius 1 is 1.19 bits per heavy atom. The van der Waals surface area contributed by atoms with E-state index in [2.05, 4.69) is 15.5 Å². The molecule has 0 saturated heterocycles. The van der Waals surface area contributed by atoms with Gasteiger partial charge in [0, 0.05) is 17.0 Å². The van der Waals surface area contributed by atoms with Gasteiger partial charge in [0.25, 0.3) is 0 Å². The SMILES string of the molecule is CCOc1cc(F)c(F)c(F)c1C=NNc1nc(-c2ccccc2)cs1. The molecule has 0 bridgehead atoms. The van der Waals surface area contributed by atoms with Crippen molar-refractivity contribution in [2.75, 3.05) is 12.0 Å². The van der Waals surface area contributed by atoms with Crippen molar-refractivity contribution in [2.45, 2.75) is 6.92 Å². The van der Waals surface area contributed by atoms with E-state index in [9.17, 15) is 13.2 Å². The number of anilines is 1. The molecule has 0 fully saturated rings. The van der Waals surface area contributed by atoms with E-state index in [-0.39, 0.29) is 17.9 Å². The Hall–Kier alpha value is -2.87. The van der Waals surface area contributed by atoms with Crippen LogP contribution in [0.15, 0.2) is 46.9 Å². The minimum Gasteiger partial charge on any atom is -0.493 e. The van der Waals surface area contributed by atoms with Crippen molar-refractivity contribution in [3.63, 3.8) is 0 Å². The number of hydrogen-bond acceptors (Lipinski definition) is 5. The second kappa shape index (κ2) is 8.01. The molecule has 0 atom stereocenters. The molecule has 0 aliphatic heterocycles. The van der Waals surface area contributed by atoms with Crippen molar-refractivity contribution in [1.82, 2.24) is 4.98 Å². The summed E-state index contributed by atoms with van der Waals surface area (Å²) in [5.74, 6) is -4.37. The Bertz CT molecular complexity index is 929. The number of hydrogen-bond donors (Lipinski definition) is 1. The molecule has 0 saturated carbocycles. The lowest BCUT2D eigenvalue weighted by molar-refractivity contribution is 0.330. The van der Waals surface area contributed by atoms with E-state index in [0.717, 1.165) is 23.5 Å². The largest absolute Gasteiger partial charge is 0.493 e. The summed E-state index contributed by atoms with van der Waals surface area (Å²) in [4.78, 5) is 4.36. The summed E-state index contributed by atoms with van der Waals surface area (Å²) in [5.41, 5.74) is 4.09. The van der Waals surface area contributed by atoms with Crippen LogP contribution in [0.3, 0.4) is 0 Å². The van der Waals surface area contributed by atoms with Crippen molar-refractivity contribution in [2.24, 2.45) is 5.10 Å². The maximum absolute atomic E-state index is 14.0. The predicted molar refractivity (Wildman–Crippen MR) is 96.3 cm³/mol. The van der Waals surface area contributed by atoms with E-state index < -0.39 is 17.5 Å². The molecule has 0 aliphatic rings. The minimum atomic E-state index is -1.57. The van der Waals surface area contributed by atoms with Crippen LogP contribution in [0, 0.1) is 17.5 Å². The lowest BCUT2D eigenvalue weighted by Gasteiger charge is -2.09. The average molecular weight is 377 g/mol. The van der Waals surface area contributed by atoms with Crippen LogP contribution >= 0.6 is 11.3 Å². The average Bonchev–Trinajstić information content (AvgIpc) is 3.12. The van der Waals surface area contributed by atoms with Crippen LogP contribution in [0.5, 0.6) is 5.75 Å². The van der Waals surface area contributed by atoms with Gasteiger partial charge in [0.1, 0.15) is 5.75 Å². The molecule has 1 aromatic heterocycles. The van der Waals surface area contributed by atoms with E-state index in [1.54, 1.807) is 6.92 Å². The van der Waals surface area contributed by atoms with E-state index in [0.29, 0.717) is 5.13 Å². The highest BCUT2D eigenvalue weighted by atomic mass is 32.1. The van der Waals surface area contributed by atoms with Gasteiger partial charge in [-0.1, -0.05) is 30.3 Å². The molecule has 2 aromatic carbocycles. The number of aromatic nitrogens is 1. The maximum atomic E-state index is 14.0. The van der Waals surface area contributed by atoms with Gasteiger partial charge in [0.15, 0.2) is 17.5 Å². The third-order valence-electron chi connectivity index (χ3n) is 3.39. The molecule has 1 heterocycles. The fraction of sp³-hybridized carbons (Fsp3) is 0.111. The van der Waals surface area contributed by atoms with Crippen molar-refractivity contribution >= 4 is 22.7 Å².